The standard InChI is InChI=1S/C19H24N4O2S/c1-13-9-17(13)19(25)22-11-14-4-7-21-23(14)15(12-22)10-18(24)20-6-5-16-3-2-8-26-16/h2-4,7-8,13,15,17H,5-6,9-12H2,1H3,(H,20,24)/t13-,15+,17+/m1/s1. The van der Waals surface area contributed by atoms with Crippen molar-refractivity contribution in [3.05, 3.63) is 40.3 Å². The number of aromatic nitrogens is 2. The van der Waals surface area contributed by atoms with Crippen molar-refractivity contribution in [2.45, 2.75) is 38.8 Å². The van der Waals surface area contributed by atoms with E-state index in [-0.39, 0.29) is 23.8 Å². The fourth-order valence-electron chi connectivity index (χ4n) is 3.67. The fraction of sp³-hybridized carbons (Fsp3) is 0.526. The van der Waals surface area contributed by atoms with Gasteiger partial charge in [0.1, 0.15) is 0 Å². The molecule has 6 nitrogen and oxygen atoms in total. The molecule has 4 rings (SSSR count). The van der Waals surface area contributed by atoms with E-state index in [1.165, 1.54) is 4.88 Å². The summed E-state index contributed by atoms with van der Waals surface area (Å²) in [5.74, 6) is 0.910. The Morgan fingerprint density at radius 2 is 2.23 bits per heavy atom. The molecule has 2 aromatic rings. The molecular formula is C19H24N4O2S. The van der Waals surface area contributed by atoms with E-state index in [0.717, 1.165) is 18.5 Å². The number of amides is 2. The summed E-state index contributed by atoms with van der Waals surface area (Å²) in [5, 5.41) is 9.43. The Morgan fingerprint density at radius 3 is 2.96 bits per heavy atom. The first-order chi connectivity index (χ1) is 12.6. The van der Waals surface area contributed by atoms with Crippen LogP contribution in [0.1, 0.15) is 36.4 Å². The van der Waals surface area contributed by atoms with Crippen LogP contribution < -0.4 is 5.32 Å². The molecule has 26 heavy (non-hydrogen) atoms. The zero-order valence-electron chi connectivity index (χ0n) is 14.9. The lowest BCUT2D eigenvalue weighted by Crippen LogP contribution is -2.43. The molecule has 0 unspecified atom stereocenters. The molecule has 1 aliphatic heterocycles. The Labute approximate surface area is 157 Å². The highest BCUT2D eigenvalue weighted by molar-refractivity contribution is 7.09. The summed E-state index contributed by atoms with van der Waals surface area (Å²) in [4.78, 5) is 28.2. The van der Waals surface area contributed by atoms with E-state index >= 15 is 0 Å². The van der Waals surface area contributed by atoms with Gasteiger partial charge in [-0.05, 0) is 36.3 Å². The van der Waals surface area contributed by atoms with E-state index in [0.29, 0.717) is 32.0 Å². The van der Waals surface area contributed by atoms with Crippen LogP contribution in [-0.2, 0) is 22.6 Å². The number of hydrogen-bond donors (Lipinski definition) is 1. The van der Waals surface area contributed by atoms with Gasteiger partial charge in [0.25, 0.3) is 0 Å². The van der Waals surface area contributed by atoms with Crippen LogP contribution in [0.5, 0.6) is 0 Å². The summed E-state index contributed by atoms with van der Waals surface area (Å²) in [6, 6.07) is 5.96. The number of hydrogen-bond acceptors (Lipinski definition) is 4. The highest BCUT2D eigenvalue weighted by Crippen LogP contribution is 2.40. The third-order valence-corrected chi connectivity index (χ3v) is 6.25. The molecule has 3 heterocycles. The normalized spacial score (nSPS) is 24.2. The van der Waals surface area contributed by atoms with Crippen LogP contribution in [0.25, 0.3) is 0 Å². The van der Waals surface area contributed by atoms with E-state index in [9.17, 15) is 9.59 Å². The minimum absolute atomic E-state index is 0.0158. The van der Waals surface area contributed by atoms with Crippen LogP contribution in [0, 0.1) is 11.8 Å². The van der Waals surface area contributed by atoms with Crippen molar-refractivity contribution in [2.24, 2.45) is 11.8 Å². The molecule has 3 atom stereocenters. The summed E-state index contributed by atoms with van der Waals surface area (Å²) in [5.41, 5.74) is 1.01. The first-order valence-corrected chi connectivity index (χ1v) is 10.1. The summed E-state index contributed by atoms with van der Waals surface area (Å²) < 4.78 is 1.92. The lowest BCUT2D eigenvalue weighted by atomic mass is 10.1. The molecule has 1 fully saturated rings. The summed E-state index contributed by atoms with van der Waals surface area (Å²) in [7, 11) is 0. The van der Waals surface area contributed by atoms with Crippen molar-refractivity contribution >= 4 is 23.2 Å². The summed E-state index contributed by atoms with van der Waals surface area (Å²) in [6.45, 7) is 3.92. The van der Waals surface area contributed by atoms with Gasteiger partial charge in [-0.3, -0.25) is 14.3 Å². The van der Waals surface area contributed by atoms with Crippen molar-refractivity contribution in [3.63, 3.8) is 0 Å². The number of nitrogens with one attached hydrogen (secondary N) is 1. The van der Waals surface area contributed by atoms with Gasteiger partial charge in [0.2, 0.25) is 11.8 Å². The van der Waals surface area contributed by atoms with Gasteiger partial charge in [-0.15, -0.1) is 11.3 Å². The molecule has 0 bridgehead atoms. The number of carbonyl (C=O) groups is 2. The lowest BCUT2D eigenvalue weighted by Gasteiger charge is -2.34. The van der Waals surface area contributed by atoms with Crippen molar-refractivity contribution in [3.8, 4) is 0 Å². The molecule has 2 amide bonds. The second kappa shape index (κ2) is 7.23. The van der Waals surface area contributed by atoms with Crippen molar-refractivity contribution in [1.82, 2.24) is 20.0 Å². The molecule has 2 aromatic heterocycles. The molecular weight excluding hydrogens is 348 g/mol. The predicted molar refractivity (Wildman–Crippen MR) is 99.6 cm³/mol. The van der Waals surface area contributed by atoms with Gasteiger partial charge in [0, 0.05) is 30.1 Å². The molecule has 1 saturated carbocycles. The van der Waals surface area contributed by atoms with E-state index in [4.69, 9.17) is 0 Å². The minimum Gasteiger partial charge on any atom is -0.356 e. The molecule has 1 N–H and O–H groups in total. The van der Waals surface area contributed by atoms with Gasteiger partial charge in [-0.1, -0.05) is 13.0 Å². The van der Waals surface area contributed by atoms with Gasteiger partial charge < -0.3 is 10.2 Å². The number of carbonyl (C=O) groups excluding carboxylic acids is 2. The van der Waals surface area contributed by atoms with Gasteiger partial charge in [-0.2, -0.15) is 5.10 Å². The van der Waals surface area contributed by atoms with E-state index in [2.05, 4.69) is 23.4 Å². The maximum Gasteiger partial charge on any atom is 0.226 e. The quantitative estimate of drug-likeness (QED) is 0.846. The summed E-state index contributed by atoms with van der Waals surface area (Å²) in [6.07, 6.45) is 3.95. The van der Waals surface area contributed by atoms with E-state index < -0.39 is 0 Å². The average Bonchev–Trinajstić information content (AvgIpc) is 3.05. The molecule has 0 saturated heterocycles. The second-order valence-electron chi connectivity index (χ2n) is 7.34. The number of nitrogens with zero attached hydrogens (tertiary/aromatic N) is 3. The van der Waals surface area contributed by atoms with Crippen LogP contribution in [0.15, 0.2) is 29.8 Å². The Bertz CT molecular complexity index is 785. The Hall–Kier alpha value is -2.15. The Balaban J connectivity index is 1.35. The third-order valence-electron chi connectivity index (χ3n) is 5.32. The molecule has 1 aliphatic carbocycles. The highest BCUT2D eigenvalue weighted by atomic mass is 32.1. The molecule has 0 aromatic carbocycles. The second-order valence-corrected chi connectivity index (χ2v) is 8.37. The zero-order chi connectivity index (χ0) is 18.1. The SMILES string of the molecule is C[C@@H]1C[C@@H]1C(=O)N1Cc2ccnn2[C@@H](CC(=O)NCCc2cccs2)C1. The minimum atomic E-state index is -0.0894. The molecule has 138 valence electrons. The van der Waals surface area contributed by atoms with Crippen LogP contribution in [0.2, 0.25) is 0 Å². The first kappa shape index (κ1) is 17.3. The van der Waals surface area contributed by atoms with Gasteiger partial charge >= 0.3 is 0 Å². The van der Waals surface area contributed by atoms with Crippen LogP contribution in [0.4, 0.5) is 0 Å². The average molecular weight is 372 g/mol. The Morgan fingerprint density at radius 1 is 1.38 bits per heavy atom. The molecule has 7 heteroatoms. The zero-order valence-corrected chi connectivity index (χ0v) is 15.7. The first-order valence-electron chi connectivity index (χ1n) is 9.22. The van der Waals surface area contributed by atoms with Gasteiger partial charge in [0.05, 0.1) is 24.7 Å². The number of thiophene rings is 1. The monoisotopic (exact) mass is 372 g/mol. The van der Waals surface area contributed by atoms with Crippen molar-refractivity contribution in [1.29, 1.82) is 0 Å². The van der Waals surface area contributed by atoms with Crippen molar-refractivity contribution in [2.75, 3.05) is 13.1 Å². The third kappa shape index (κ3) is 3.67. The predicted octanol–water partition coefficient (Wildman–Crippen LogP) is 2.23. The fourth-order valence-corrected chi connectivity index (χ4v) is 4.38. The molecule has 2 aliphatic rings. The maximum atomic E-state index is 12.6. The number of rotatable bonds is 6. The summed E-state index contributed by atoms with van der Waals surface area (Å²) >= 11 is 1.70. The highest BCUT2D eigenvalue weighted by Gasteiger charge is 2.43. The Kier molecular flexibility index (Phi) is 4.80. The molecule has 0 spiro atoms. The van der Waals surface area contributed by atoms with Gasteiger partial charge in [0.15, 0.2) is 0 Å². The van der Waals surface area contributed by atoms with E-state index in [1.54, 1.807) is 17.5 Å². The van der Waals surface area contributed by atoms with E-state index in [1.807, 2.05) is 27.1 Å². The number of fused-ring (bicyclic) bond motifs is 1. The van der Waals surface area contributed by atoms with Crippen LogP contribution in [0.3, 0.4) is 0 Å². The maximum absolute atomic E-state index is 12.6. The molecule has 0 radical (unpaired) electrons. The van der Waals surface area contributed by atoms with Crippen LogP contribution >= 0.6 is 11.3 Å². The largest absolute Gasteiger partial charge is 0.356 e. The van der Waals surface area contributed by atoms with Crippen molar-refractivity contribution < 1.29 is 9.59 Å². The topological polar surface area (TPSA) is 67.2 Å². The van der Waals surface area contributed by atoms with Crippen LogP contribution in [-0.4, -0.2) is 39.6 Å². The lowest BCUT2D eigenvalue weighted by molar-refractivity contribution is -0.136. The smallest absolute Gasteiger partial charge is 0.226 e. The van der Waals surface area contributed by atoms with Gasteiger partial charge in [-0.25, -0.2) is 0 Å².